The first kappa shape index (κ1) is 12.7. The minimum atomic E-state index is 0.329. The molecule has 1 aliphatic heterocycles. The lowest BCUT2D eigenvalue weighted by molar-refractivity contribution is 0.235. The largest absolute Gasteiger partial charge is 0.316 e. The highest BCUT2D eigenvalue weighted by atomic mass is 35.5. The molecule has 0 saturated carbocycles. The van der Waals surface area contributed by atoms with Gasteiger partial charge in [-0.05, 0) is 56.6 Å². The van der Waals surface area contributed by atoms with Crippen molar-refractivity contribution in [1.82, 2.24) is 20.2 Å². The second-order valence-corrected chi connectivity index (χ2v) is 5.06. The van der Waals surface area contributed by atoms with Gasteiger partial charge >= 0.3 is 0 Å². The van der Waals surface area contributed by atoms with Crippen LogP contribution in [0, 0.1) is 5.92 Å². The predicted molar refractivity (Wildman–Crippen MR) is 69.0 cm³/mol. The molecular weight excluding hydrogens is 236 g/mol. The van der Waals surface area contributed by atoms with Gasteiger partial charge in [0.2, 0.25) is 5.28 Å². The quantitative estimate of drug-likeness (QED) is 0.828. The van der Waals surface area contributed by atoms with Gasteiger partial charge in [0.15, 0.2) is 0 Å². The Morgan fingerprint density at radius 1 is 1.59 bits per heavy atom. The number of aromatic nitrogens is 2. The maximum atomic E-state index is 5.77. The number of piperidine rings is 1. The van der Waals surface area contributed by atoms with Gasteiger partial charge in [0.1, 0.15) is 0 Å². The number of hydrogen-bond acceptors (Lipinski definition) is 4. The molecular formula is C12H19ClN4. The zero-order chi connectivity index (χ0) is 12.1. The van der Waals surface area contributed by atoms with Crippen LogP contribution in [0.3, 0.4) is 0 Å². The Balaban J connectivity index is 1.82. The van der Waals surface area contributed by atoms with Gasteiger partial charge in [-0.25, -0.2) is 9.97 Å². The predicted octanol–water partition coefficient (Wildman–Crippen LogP) is 1.56. The van der Waals surface area contributed by atoms with Crippen molar-refractivity contribution in [3.05, 3.63) is 23.2 Å². The van der Waals surface area contributed by atoms with E-state index in [1.54, 1.807) is 6.20 Å². The van der Waals surface area contributed by atoms with Gasteiger partial charge in [-0.15, -0.1) is 0 Å². The van der Waals surface area contributed by atoms with Crippen molar-refractivity contribution in [3.63, 3.8) is 0 Å². The fourth-order valence-corrected chi connectivity index (χ4v) is 2.48. The minimum absolute atomic E-state index is 0.329. The van der Waals surface area contributed by atoms with Gasteiger partial charge in [-0.1, -0.05) is 0 Å². The molecule has 1 aromatic rings. The molecule has 0 amide bonds. The molecule has 1 fully saturated rings. The van der Waals surface area contributed by atoms with E-state index in [1.165, 1.54) is 19.4 Å². The molecule has 1 atom stereocenters. The zero-order valence-electron chi connectivity index (χ0n) is 10.2. The van der Waals surface area contributed by atoms with Crippen molar-refractivity contribution >= 4 is 11.6 Å². The summed E-state index contributed by atoms with van der Waals surface area (Å²) in [7, 11) is 2.13. The van der Waals surface area contributed by atoms with E-state index in [0.29, 0.717) is 5.28 Å². The van der Waals surface area contributed by atoms with E-state index in [9.17, 15) is 0 Å². The number of halogens is 1. The SMILES string of the molecule is CN(Cc1ccnc(Cl)n1)C[C@H]1CCCNC1. The van der Waals surface area contributed by atoms with Crippen LogP contribution >= 0.6 is 11.6 Å². The van der Waals surface area contributed by atoms with E-state index in [1.807, 2.05) is 6.07 Å². The first-order valence-corrected chi connectivity index (χ1v) is 6.48. The molecule has 0 unspecified atom stereocenters. The lowest BCUT2D eigenvalue weighted by Gasteiger charge is -2.27. The highest BCUT2D eigenvalue weighted by Gasteiger charge is 2.15. The second kappa shape index (κ2) is 6.28. The third-order valence-electron chi connectivity index (χ3n) is 3.08. The number of nitrogens with zero attached hydrogens (tertiary/aromatic N) is 3. The molecule has 1 aliphatic rings. The van der Waals surface area contributed by atoms with Crippen LogP contribution in [0.15, 0.2) is 12.3 Å². The molecule has 94 valence electrons. The third-order valence-corrected chi connectivity index (χ3v) is 3.27. The number of rotatable bonds is 4. The van der Waals surface area contributed by atoms with Crippen LogP contribution in [0.4, 0.5) is 0 Å². The highest BCUT2D eigenvalue weighted by molar-refractivity contribution is 6.28. The summed E-state index contributed by atoms with van der Waals surface area (Å²) >= 11 is 5.77. The molecule has 0 radical (unpaired) electrons. The first-order chi connectivity index (χ1) is 8.24. The minimum Gasteiger partial charge on any atom is -0.316 e. The van der Waals surface area contributed by atoms with Gasteiger partial charge < -0.3 is 10.2 Å². The van der Waals surface area contributed by atoms with Gasteiger partial charge in [0.25, 0.3) is 0 Å². The maximum Gasteiger partial charge on any atom is 0.222 e. The van der Waals surface area contributed by atoms with E-state index in [0.717, 1.165) is 31.2 Å². The average molecular weight is 255 g/mol. The van der Waals surface area contributed by atoms with Crippen LogP contribution in [0.1, 0.15) is 18.5 Å². The molecule has 4 nitrogen and oxygen atoms in total. The highest BCUT2D eigenvalue weighted by Crippen LogP contribution is 2.12. The van der Waals surface area contributed by atoms with Crippen molar-refractivity contribution in [1.29, 1.82) is 0 Å². The van der Waals surface area contributed by atoms with Crippen LogP contribution in [0.2, 0.25) is 5.28 Å². The summed E-state index contributed by atoms with van der Waals surface area (Å²) in [4.78, 5) is 10.4. The zero-order valence-corrected chi connectivity index (χ0v) is 11.0. The monoisotopic (exact) mass is 254 g/mol. The molecule has 1 N–H and O–H groups in total. The topological polar surface area (TPSA) is 41.1 Å². The molecule has 5 heteroatoms. The fraction of sp³-hybridized carbons (Fsp3) is 0.667. The Kier molecular flexibility index (Phi) is 4.71. The smallest absolute Gasteiger partial charge is 0.222 e. The third kappa shape index (κ3) is 4.22. The Morgan fingerprint density at radius 3 is 3.18 bits per heavy atom. The summed E-state index contributed by atoms with van der Waals surface area (Å²) in [5.74, 6) is 0.756. The van der Waals surface area contributed by atoms with E-state index in [4.69, 9.17) is 11.6 Å². The summed E-state index contributed by atoms with van der Waals surface area (Å²) in [5, 5.41) is 3.77. The van der Waals surface area contributed by atoms with Crippen LogP contribution in [-0.2, 0) is 6.54 Å². The van der Waals surface area contributed by atoms with E-state index in [-0.39, 0.29) is 0 Å². The summed E-state index contributed by atoms with van der Waals surface area (Å²) in [5.41, 5.74) is 0.983. The number of hydrogen-bond donors (Lipinski definition) is 1. The average Bonchev–Trinajstić information content (AvgIpc) is 2.30. The normalized spacial score (nSPS) is 20.8. The van der Waals surface area contributed by atoms with Crippen molar-refractivity contribution < 1.29 is 0 Å². The summed E-state index contributed by atoms with van der Waals surface area (Å²) in [6.07, 6.45) is 4.32. The Bertz CT molecular complexity index is 352. The Labute approximate surface area is 107 Å². The summed E-state index contributed by atoms with van der Waals surface area (Å²) in [6.45, 7) is 4.24. The van der Waals surface area contributed by atoms with Crippen LogP contribution in [0.25, 0.3) is 0 Å². The lowest BCUT2D eigenvalue weighted by Crippen LogP contribution is -2.36. The molecule has 0 bridgehead atoms. The van der Waals surface area contributed by atoms with E-state index < -0.39 is 0 Å². The van der Waals surface area contributed by atoms with Crippen LogP contribution in [0.5, 0.6) is 0 Å². The van der Waals surface area contributed by atoms with Crippen LogP contribution in [-0.4, -0.2) is 41.5 Å². The van der Waals surface area contributed by atoms with Crippen molar-refractivity contribution in [2.75, 3.05) is 26.7 Å². The Morgan fingerprint density at radius 2 is 2.47 bits per heavy atom. The second-order valence-electron chi connectivity index (χ2n) is 4.73. The molecule has 2 heterocycles. The summed E-state index contributed by atoms with van der Waals surface area (Å²) < 4.78 is 0. The molecule has 1 saturated heterocycles. The van der Waals surface area contributed by atoms with E-state index >= 15 is 0 Å². The fourth-order valence-electron chi connectivity index (χ4n) is 2.32. The molecule has 0 aliphatic carbocycles. The number of nitrogens with one attached hydrogen (secondary N) is 1. The van der Waals surface area contributed by atoms with Crippen LogP contribution < -0.4 is 5.32 Å². The maximum absolute atomic E-state index is 5.77. The van der Waals surface area contributed by atoms with Crippen molar-refractivity contribution in [2.45, 2.75) is 19.4 Å². The van der Waals surface area contributed by atoms with E-state index in [2.05, 4.69) is 27.2 Å². The molecule has 0 aromatic carbocycles. The molecule has 17 heavy (non-hydrogen) atoms. The van der Waals surface area contributed by atoms with Gasteiger partial charge in [0, 0.05) is 19.3 Å². The molecule has 2 rings (SSSR count). The first-order valence-electron chi connectivity index (χ1n) is 6.11. The van der Waals surface area contributed by atoms with Crippen molar-refractivity contribution in [3.8, 4) is 0 Å². The lowest BCUT2D eigenvalue weighted by atomic mass is 9.99. The molecule has 0 spiro atoms. The summed E-state index contributed by atoms with van der Waals surface area (Å²) in [6, 6.07) is 1.92. The van der Waals surface area contributed by atoms with Gasteiger partial charge in [-0.3, -0.25) is 0 Å². The van der Waals surface area contributed by atoms with Gasteiger partial charge in [-0.2, -0.15) is 0 Å². The standard InChI is InChI=1S/C12H19ClN4/c1-17(8-10-3-2-5-14-7-10)9-11-4-6-15-12(13)16-11/h4,6,10,14H,2-3,5,7-9H2,1H3/t10-/m0/s1. The molecule has 1 aromatic heterocycles. The van der Waals surface area contributed by atoms with Crippen molar-refractivity contribution in [2.24, 2.45) is 5.92 Å². The Hall–Kier alpha value is -0.710. The van der Waals surface area contributed by atoms with Gasteiger partial charge in [0.05, 0.1) is 5.69 Å².